The van der Waals surface area contributed by atoms with Crippen LogP contribution < -0.4 is 9.47 Å². The Hall–Kier alpha value is -3.52. The van der Waals surface area contributed by atoms with E-state index in [-0.39, 0.29) is 5.41 Å². The van der Waals surface area contributed by atoms with Gasteiger partial charge in [-0.2, -0.15) is 0 Å². The normalized spacial score (nSPS) is 10.1. The third kappa shape index (κ3) is 15.8. The van der Waals surface area contributed by atoms with Crippen LogP contribution in [-0.2, 0) is 5.41 Å². The molecule has 0 fully saturated rings. The lowest BCUT2D eigenvalue weighted by Gasteiger charge is -2.18. The Bertz CT molecular complexity index is 1140. The fraction of sp³-hybridized carbons (Fsp3) is 0.368. The SMILES string of the molecule is CCCCOc1ccc(C)cc1.COc1ccc(C)cc1.Cc1ccc(C(C)(C)C)cc1.Cc1ccc(C)cc1. The van der Waals surface area contributed by atoms with E-state index in [0.29, 0.717) is 0 Å². The first-order chi connectivity index (χ1) is 18.9. The number of benzene rings is 4. The van der Waals surface area contributed by atoms with Crippen molar-refractivity contribution < 1.29 is 9.47 Å². The van der Waals surface area contributed by atoms with Gasteiger partial charge >= 0.3 is 0 Å². The van der Waals surface area contributed by atoms with Crippen molar-refractivity contribution in [2.45, 2.75) is 80.6 Å². The van der Waals surface area contributed by atoms with Crippen molar-refractivity contribution in [1.29, 1.82) is 0 Å². The molecule has 0 saturated heterocycles. The van der Waals surface area contributed by atoms with E-state index in [1.165, 1.54) is 39.8 Å². The van der Waals surface area contributed by atoms with E-state index in [9.17, 15) is 0 Å². The predicted octanol–water partition coefficient (Wildman–Crippen LogP) is 10.8. The molecule has 4 aromatic rings. The molecule has 0 saturated carbocycles. The van der Waals surface area contributed by atoms with Crippen LogP contribution in [0.3, 0.4) is 0 Å². The van der Waals surface area contributed by atoms with Gasteiger partial charge in [0.1, 0.15) is 11.5 Å². The highest BCUT2D eigenvalue weighted by Crippen LogP contribution is 2.21. The van der Waals surface area contributed by atoms with Crippen molar-refractivity contribution in [2.24, 2.45) is 0 Å². The molecule has 2 nitrogen and oxygen atoms in total. The molecule has 0 amide bonds. The highest BCUT2D eigenvalue weighted by molar-refractivity contribution is 5.27. The Morgan fingerprint density at radius 2 is 0.825 bits per heavy atom. The molecule has 0 heterocycles. The van der Waals surface area contributed by atoms with Crippen LogP contribution in [0.1, 0.15) is 73.9 Å². The number of methoxy groups -OCH3 is 1. The highest BCUT2D eigenvalue weighted by Gasteiger charge is 2.11. The number of hydrogen-bond acceptors (Lipinski definition) is 2. The molecule has 0 N–H and O–H groups in total. The highest BCUT2D eigenvalue weighted by atomic mass is 16.5. The molecule has 0 aliphatic carbocycles. The molecular weight excluding hydrogens is 488 g/mol. The zero-order chi connectivity index (χ0) is 30.0. The third-order valence-electron chi connectivity index (χ3n) is 6.18. The van der Waals surface area contributed by atoms with E-state index in [0.717, 1.165) is 24.5 Å². The molecule has 216 valence electrons. The quantitative estimate of drug-likeness (QED) is 0.234. The number of aryl methyl sites for hydroxylation is 5. The second-order valence-electron chi connectivity index (χ2n) is 11.3. The van der Waals surface area contributed by atoms with Crippen LogP contribution in [-0.4, -0.2) is 13.7 Å². The summed E-state index contributed by atoms with van der Waals surface area (Å²) in [6.07, 6.45) is 2.32. The topological polar surface area (TPSA) is 18.5 Å². The van der Waals surface area contributed by atoms with Crippen LogP contribution in [0, 0.1) is 34.6 Å². The molecule has 0 bridgehead atoms. The summed E-state index contributed by atoms with van der Waals surface area (Å²) in [5, 5.41) is 0. The minimum atomic E-state index is 0.285. The summed E-state index contributed by atoms with van der Waals surface area (Å²) in [4.78, 5) is 0. The maximum atomic E-state index is 5.50. The first-order valence-electron chi connectivity index (χ1n) is 14.3. The van der Waals surface area contributed by atoms with Gasteiger partial charge in [0.05, 0.1) is 13.7 Å². The number of unbranched alkanes of at least 4 members (excludes halogenated alkanes) is 1. The Morgan fingerprint density at radius 1 is 0.500 bits per heavy atom. The Labute approximate surface area is 245 Å². The molecule has 0 unspecified atom stereocenters. The molecule has 4 rings (SSSR count). The van der Waals surface area contributed by atoms with Crippen LogP contribution in [0.25, 0.3) is 0 Å². The molecular formula is C38H52O2. The van der Waals surface area contributed by atoms with Gasteiger partial charge < -0.3 is 9.47 Å². The molecule has 0 radical (unpaired) electrons. The van der Waals surface area contributed by atoms with E-state index in [1.807, 2.05) is 36.4 Å². The van der Waals surface area contributed by atoms with E-state index in [1.54, 1.807) is 7.11 Å². The van der Waals surface area contributed by atoms with Crippen LogP contribution in [0.2, 0.25) is 0 Å². The minimum Gasteiger partial charge on any atom is -0.497 e. The summed E-state index contributed by atoms with van der Waals surface area (Å²) >= 11 is 0. The average Bonchev–Trinajstić information content (AvgIpc) is 2.93. The minimum absolute atomic E-state index is 0.285. The maximum Gasteiger partial charge on any atom is 0.119 e. The molecule has 0 aliphatic rings. The lowest BCUT2D eigenvalue weighted by Crippen LogP contribution is -2.10. The number of rotatable bonds is 5. The van der Waals surface area contributed by atoms with Gasteiger partial charge in [-0.25, -0.2) is 0 Å². The lowest BCUT2D eigenvalue weighted by molar-refractivity contribution is 0.309. The average molecular weight is 541 g/mol. The largest absolute Gasteiger partial charge is 0.497 e. The van der Waals surface area contributed by atoms with Crippen molar-refractivity contribution in [1.82, 2.24) is 0 Å². The van der Waals surface area contributed by atoms with Gasteiger partial charge in [0.25, 0.3) is 0 Å². The van der Waals surface area contributed by atoms with Gasteiger partial charge in [-0.1, -0.05) is 135 Å². The predicted molar refractivity (Wildman–Crippen MR) is 175 cm³/mol. The summed E-state index contributed by atoms with van der Waals surface area (Å²) in [5.74, 6) is 1.90. The van der Waals surface area contributed by atoms with Crippen molar-refractivity contribution >= 4 is 0 Å². The molecule has 0 atom stereocenters. The number of ether oxygens (including phenoxy) is 2. The molecule has 2 heteroatoms. The fourth-order valence-electron chi connectivity index (χ4n) is 3.33. The second-order valence-corrected chi connectivity index (χ2v) is 11.3. The number of hydrogen-bond donors (Lipinski definition) is 0. The smallest absolute Gasteiger partial charge is 0.119 e. The molecule has 0 aromatic heterocycles. The Balaban J connectivity index is 0.000000270. The van der Waals surface area contributed by atoms with E-state index in [2.05, 4.69) is 123 Å². The molecule has 40 heavy (non-hydrogen) atoms. The summed E-state index contributed by atoms with van der Waals surface area (Å²) in [7, 11) is 1.67. The standard InChI is InChI=1S/C11H16O.C11H16.C8H10O.C8H10/c1-3-4-9-12-11-7-5-10(2)6-8-11;1-9-5-7-10(8-6-9)11(2,3)4;1-7-3-5-8(9-2)6-4-7;1-7-3-5-8(2)6-4-7/h5-8H,3-4,9H2,1-2H3;5-8H,1-4H3;3-6H,1-2H3;3-6H,1-2H3. The molecule has 0 aliphatic heterocycles. The van der Waals surface area contributed by atoms with Crippen molar-refractivity contribution in [3.63, 3.8) is 0 Å². The van der Waals surface area contributed by atoms with Gasteiger partial charge in [-0.15, -0.1) is 0 Å². The maximum absolute atomic E-state index is 5.50. The molecule has 0 spiro atoms. The molecule has 4 aromatic carbocycles. The van der Waals surface area contributed by atoms with Gasteiger partial charge in [-0.05, 0) is 76.3 Å². The van der Waals surface area contributed by atoms with Crippen LogP contribution >= 0.6 is 0 Å². The first-order valence-corrected chi connectivity index (χ1v) is 14.3. The zero-order valence-electron chi connectivity index (χ0n) is 26.7. The van der Waals surface area contributed by atoms with Crippen molar-refractivity contribution in [3.05, 3.63) is 130 Å². The Morgan fingerprint density at radius 3 is 1.15 bits per heavy atom. The van der Waals surface area contributed by atoms with E-state index < -0.39 is 0 Å². The summed E-state index contributed by atoms with van der Waals surface area (Å²) in [6, 6.07) is 33.4. The second kappa shape index (κ2) is 18.7. The Kier molecular flexibility index (Phi) is 16.1. The monoisotopic (exact) mass is 540 g/mol. The lowest BCUT2D eigenvalue weighted by atomic mass is 9.87. The third-order valence-corrected chi connectivity index (χ3v) is 6.18. The van der Waals surface area contributed by atoms with E-state index in [4.69, 9.17) is 9.47 Å². The van der Waals surface area contributed by atoms with Crippen LogP contribution in [0.15, 0.2) is 97.1 Å². The fourth-order valence-corrected chi connectivity index (χ4v) is 3.33. The first kappa shape index (κ1) is 34.5. The summed E-state index contributed by atoms with van der Waals surface area (Å²) in [6.45, 7) is 20.1. The van der Waals surface area contributed by atoms with Gasteiger partial charge in [0.15, 0.2) is 0 Å². The van der Waals surface area contributed by atoms with Crippen LogP contribution in [0.5, 0.6) is 11.5 Å². The van der Waals surface area contributed by atoms with Gasteiger partial charge in [-0.3, -0.25) is 0 Å². The van der Waals surface area contributed by atoms with E-state index >= 15 is 0 Å². The van der Waals surface area contributed by atoms with Crippen LogP contribution in [0.4, 0.5) is 0 Å². The van der Waals surface area contributed by atoms with Gasteiger partial charge in [0.2, 0.25) is 0 Å². The van der Waals surface area contributed by atoms with Crippen molar-refractivity contribution in [3.8, 4) is 11.5 Å². The van der Waals surface area contributed by atoms with Crippen molar-refractivity contribution in [2.75, 3.05) is 13.7 Å². The summed E-state index contributed by atoms with van der Waals surface area (Å²) < 4.78 is 10.5. The zero-order valence-corrected chi connectivity index (χ0v) is 26.7. The van der Waals surface area contributed by atoms with Gasteiger partial charge in [0, 0.05) is 0 Å². The summed E-state index contributed by atoms with van der Waals surface area (Å²) in [5.41, 5.74) is 8.22.